The molecule has 0 amide bonds. The summed E-state index contributed by atoms with van der Waals surface area (Å²) in [4.78, 5) is 25.1. The maximum Gasteiger partial charge on any atom is 0.186 e. The number of aryl methyl sites for hydroxylation is 2. The molecule has 0 aromatic carbocycles. The van der Waals surface area contributed by atoms with Crippen molar-refractivity contribution in [3.8, 4) is 0 Å². The molecule has 0 saturated carbocycles. The molecule has 0 saturated heterocycles. The summed E-state index contributed by atoms with van der Waals surface area (Å²) in [6.45, 7) is 2.83. The number of carbonyl (C=O) groups is 1. The molecule has 0 radical (unpaired) electrons. The normalized spacial score (nSPS) is 14.5. The maximum atomic E-state index is 11.8. The third-order valence-corrected chi connectivity index (χ3v) is 5.46. The van der Waals surface area contributed by atoms with E-state index in [9.17, 15) is 4.79 Å². The number of anilines is 1. The molecular weight excluding hydrogens is 278 g/mol. The van der Waals surface area contributed by atoms with Crippen LogP contribution in [0.4, 0.5) is 5.13 Å². The van der Waals surface area contributed by atoms with Gasteiger partial charge in [-0.05, 0) is 19.8 Å². The molecule has 4 nitrogen and oxygen atoms in total. The molecule has 0 atom stereocenters. The van der Waals surface area contributed by atoms with E-state index in [1.54, 1.807) is 22.7 Å². The highest BCUT2D eigenvalue weighted by Gasteiger charge is 2.23. The van der Waals surface area contributed by atoms with E-state index < -0.39 is 0 Å². The van der Waals surface area contributed by atoms with E-state index in [1.807, 2.05) is 19.5 Å². The van der Waals surface area contributed by atoms with Crippen LogP contribution in [-0.2, 0) is 13.0 Å². The van der Waals surface area contributed by atoms with Crippen LogP contribution in [0.15, 0.2) is 5.51 Å². The molecule has 2 aromatic heterocycles. The zero-order chi connectivity index (χ0) is 13.4. The third-order valence-electron chi connectivity index (χ3n) is 3.31. The minimum Gasteiger partial charge on any atom is -0.346 e. The van der Waals surface area contributed by atoms with Crippen molar-refractivity contribution >= 4 is 33.6 Å². The largest absolute Gasteiger partial charge is 0.346 e. The third kappa shape index (κ3) is 2.42. The van der Waals surface area contributed by atoms with Gasteiger partial charge in [0.05, 0.1) is 17.7 Å². The van der Waals surface area contributed by atoms with Crippen LogP contribution in [0.5, 0.6) is 0 Å². The highest BCUT2D eigenvalue weighted by atomic mass is 32.1. The van der Waals surface area contributed by atoms with Crippen LogP contribution >= 0.6 is 22.7 Å². The van der Waals surface area contributed by atoms with Gasteiger partial charge in [-0.2, -0.15) is 0 Å². The number of nitrogens with zero attached hydrogens (tertiary/aromatic N) is 3. The maximum absolute atomic E-state index is 11.8. The molecule has 1 aliphatic rings. The standard InChI is InChI=1S/C13H15N3OS2/c1-8-11(18-7-14-8)6-16(2)13-15-12-9(17)4-3-5-10(12)19-13/h7H,3-6H2,1-2H3. The number of hydrogen-bond donors (Lipinski definition) is 0. The van der Waals surface area contributed by atoms with Crippen LogP contribution in [0.2, 0.25) is 0 Å². The molecular formula is C13H15N3OS2. The fourth-order valence-electron chi connectivity index (χ4n) is 2.18. The van der Waals surface area contributed by atoms with Crippen LogP contribution < -0.4 is 4.90 Å². The van der Waals surface area contributed by atoms with E-state index in [1.165, 1.54) is 4.88 Å². The first-order valence-electron chi connectivity index (χ1n) is 6.28. The average Bonchev–Trinajstić information content (AvgIpc) is 2.97. The molecule has 2 heterocycles. The Kier molecular flexibility index (Phi) is 3.36. The van der Waals surface area contributed by atoms with Gasteiger partial charge < -0.3 is 4.90 Å². The Hall–Kier alpha value is -1.27. The quantitative estimate of drug-likeness (QED) is 0.872. The molecule has 0 N–H and O–H groups in total. The molecule has 100 valence electrons. The van der Waals surface area contributed by atoms with E-state index in [0.29, 0.717) is 12.1 Å². The van der Waals surface area contributed by atoms with Crippen molar-refractivity contribution in [2.45, 2.75) is 32.7 Å². The highest BCUT2D eigenvalue weighted by molar-refractivity contribution is 7.16. The predicted octanol–water partition coefficient (Wildman–Crippen LogP) is 3.06. The van der Waals surface area contributed by atoms with Gasteiger partial charge in [0, 0.05) is 23.2 Å². The van der Waals surface area contributed by atoms with Gasteiger partial charge in [-0.25, -0.2) is 9.97 Å². The summed E-state index contributed by atoms with van der Waals surface area (Å²) in [6, 6.07) is 0. The first-order chi connectivity index (χ1) is 9.15. The summed E-state index contributed by atoms with van der Waals surface area (Å²) >= 11 is 3.32. The summed E-state index contributed by atoms with van der Waals surface area (Å²) < 4.78 is 0. The Morgan fingerprint density at radius 2 is 2.26 bits per heavy atom. The van der Waals surface area contributed by atoms with Crippen molar-refractivity contribution in [2.75, 3.05) is 11.9 Å². The summed E-state index contributed by atoms with van der Waals surface area (Å²) in [5.74, 6) is 0.200. The summed E-state index contributed by atoms with van der Waals surface area (Å²) in [7, 11) is 2.02. The minimum atomic E-state index is 0.200. The molecule has 2 aromatic rings. The van der Waals surface area contributed by atoms with E-state index in [4.69, 9.17) is 0 Å². The fourth-order valence-corrected chi connectivity index (χ4v) is 4.09. The second-order valence-corrected chi connectivity index (χ2v) is 6.76. The summed E-state index contributed by atoms with van der Waals surface area (Å²) in [5.41, 5.74) is 3.66. The Bertz CT molecular complexity index is 617. The van der Waals surface area contributed by atoms with Gasteiger partial charge in [0.2, 0.25) is 0 Å². The highest BCUT2D eigenvalue weighted by Crippen LogP contribution is 2.32. The number of carbonyl (C=O) groups excluding carboxylic acids is 1. The molecule has 1 aliphatic carbocycles. The number of aromatic nitrogens is 2. The van der Waals surface area contributed by atoms with Gasteiger partial charge >= 0.3 is 0 Å². The molecule has 0 spiro atoms. The lowest BCUT2D eigenvalue weighted by Crippen LogP contribution is -2.16. The zero-order valence-corrected chi connectivity index (χ0v) is 12.6. The average molecular weight is 293 g/mol. The van der Waals surface area contributed by atoms with Crippen molar-refractivity contribution in [1.29, 1.82) is 0 Å². The van der Waals surface area contributed by atoms with Crippen LogP contribution in [0, 0.1) is 6.92 Å². The van der Waals surface area contributed by atoms with Gasteiger partial charge in [0.25, 0.3) is 0 Å². The Morgan fingerprint density at radius 3 is 2.95 bits per heavy atom. The predicted molar refractivity (Wildman–Crippen MR) is 78.3 cm³/mol. The molecule has 0 aliphatic heterocycles. The monoisotopic (exact) mass is 293 g/mol. The lowest BCUT2D eigenvalue weighted by atomic mass is 10.0. The van der Waals surface area contributed by atoms with Crippen LogP contribution in [0.25, 0.3) is 0 Å². The van der Waals surface area contributed by atoms with Crippen molar-refractivity contribution in [3.05, 3.63) is 26.7 Å². The topological polar surface area (TPSA) is 46.1 Å². The van der Waals surface area contributed by atoms with Gasteiger partial charge in [-0.15, -0.1) is 22.7 Å². The van der Waals surface area contributed by atoms with Crippen LogP contribution in [-0.4, -0.2) is 22.8 Å². The number of thiazole rings is 2. The lowest BCUT2D eigenvalue weighted by molar-refractivity contribution is 0.0968. The minimum absolute atomic E-state index is 0.200. The Morgan fingerprint density at radius 1 is 1.42 bits per heavy atom. The SMILES string of the molecule is Cc1ncsc1CN(C)c1nc2c(s1)CCCC2=O. The first-order valence-corrected chi connectivity index (χ1v) is 7.98. The molecule has 0 fully saturated rings. The smallest absolute Gasteiger partial charge is 0.186 e. The Labute approximate surface area is 120 Å². The second-order valence-electron chi connectivity index (χ2n) is 4.76. The van der Waals surface area contributed by atoms with E-state index in [-0.39, 0.29) is 5.78 Å². The molecule has 6 heteroatoms. The fraction of sp³-hybridized carbons (Fsp3) is 0.462. The number of rotatable bonds is 3. The van der Waals surface area contributed by atoms with Gasteiger partial charge in [0.15, 0.2) is 10.9 Å². The second kappa shape index (κ2) is 5.02. The van der Waals surface area contributed by atoms with E-state index in [2.05, 4.69) is 14.9 Å². The van der Waals surface area contributed by atoms with E-state index in [0.717, 1.165) is 35.1 Å². The van der Waals surface area contributed by atoms with Gasteiger partial charge in [-0.1, -0.05) is 0 Å². The number of hydrogen-bond acceptors (Lipinski definition) is 6. The number of Topliss-reactive ketones (excluding diaryl/α,β-unsaturated/α-hetero) is 1. The van der Waals surface area contributed by atoms with Crippen molar-refractivity contribution in [3.63, 3.8) is 0 Å². The van der Waals surface area contributed by atoms with Crippen molar-refractivity contribution in [2.24, 2.45) is 0 Å². The van der Waals surface area contributed by atoms with Crippen molar-refractivity contribution in [1.82, 2.24) is 9.97 Å². The van der Waals surface area contributed by atoms with E-state index >= 15 is 0 Å². The van der Waals surface area contributed by atoms with Gasteiger partial charge in [0.1, 0.15) is 5.69 Å². The number of fused-ring (bicyclic) bond motifs is 1. The molecule has 0 unspecified atom stereocenters. The molecule has 0 bridgehead atoms. The van der Waals surface area contributed by atoms with Gasteiger partial charge in [-0.3, -0.25) is 4.79 Å². The van der Waals surface area contributed by atoms with Crippen LogP contribution in [0.3, 0.4) is 0 Å². The summed E-state index contributed by atoms with van der Waals surface area (Å²) in [6.07, 6.45) is 2.60. The van der Waals surface area contributed by atoms with Crippen LogP contribution in [0.1, 0.15) is 38.8 Å². The number of ketones is 1. The van der Waals surface area contributed by atoms with Crippen molar-refractivity contribution < 1.29 is 4.79 Å². The summed E-state index contributed by atoms with van der Waals surface area (Å²) in [5, 5.41) is 0.938. The Balaban J connectivity index is 1.82. The lowest BCUT2D eigenvalue weighted by Gasteiger charge is -2.14. The molecule has 3 rings (SSSR count). The molecule has 19 heavy (non-hydrogen) atoms. The first kappa shape index (κ1) is 12.7. The zero-order valence-electron chi connectivity index (χ0n) is 11.0.